The van der Waals surface area contributed by atoms with E-state index in [0.717, 1.165) is 5.69 Å². The van der Waals surface area contributed by atoms with Crippen molar-refractivity contribution in [1.82, 2.24) is 14.8 Å². The maximum Gasteiger partial charge on any atom is 0.318 e. The largest absolute Gasteiger partial charge is 0.383 e. The quantitative estimate of drug-likeness (QED) is 0.799. The number of hydrogen-bond acceptors (Lipinski definition) is 3. The third-order valence-electron chi connectivity index (χ3n) is 3.20. The number of carbonyl (C=O) groups is 1. The molecule has 114 valence electrons. The molecule has 0 spiro atoms. The summed E-state index contributed by atoms with van der Waals surface area (Å²) in [6.45, 7) is 2.23. The first-order valence-corrected chi connectivity index (χ1v) is 7.73. The van der Waals surface area contributed by atoms with Gasteiger partial charge in [-0.2, -0.15) is 0 Å². The van der Waals surface area contributed by atoms with E-state index in [2.05, 4.69) is 5.32 Å². The molecular weight excluding hydrogens is 286 g/mol. The van der Waals surface area contributed by atoms with E-state index < -0.39 is 0 Å². The van der Waals surface area contributed by atoms with Crippen LogP contribution in [0.4, 0.5) is 4.79 Å². The average Bonchev–Trinajstić information content (AvgIpc) is 3.11. The molecule has 0 radical (unpaired) electrons. The number of nitrogens with one attached hydrogen (secondary N) is 1. The number of ether oxygens (including phenoxy) is 1. The molecule has 6 heteroatoms. The Balaban J connectivity index is 2.02. The van der Waals surface area contributed by atoms with Gasteiger partial charge in [-0.25, -0.2) is 4.79 Å². The zero-order chi connectivity index (χ0) is 15.1. The number of carbonyl (C=O) groups excluding carboxylic acids is 1. The van der Waals surface area contributed by atoms with Crippen LogP contribution in [0.15, 0.2) is 35.8 Å². The Labute approximate surface area is 129 Å². The molecule has 0 aromatic carbocycles. The molecule has 0 unspecified atom stereocenters. The summed E-state index contributed by atoms with van der Waals surface area (Å²) in [5.41, 5.74) is 1.11. The standard InChI is InChI=1S/C15H21N3O2S/c1-17-8-3-5-13(17)11-18(12-14-6-4-10-21-14)15(19)16-7-9-20-2/h3-6,8,10H,7,9,11-12H2,1-2H3,(H,16,19). The minimum absolute atomic E-state index is 0.0679. The highest BCUT2D eigenvalue weighted by Gasteiger charge is 2.15. The van der Waals surface area contributed by atoms with Crippen molar-refractivity contribution in [2.75, 3.05) is 20.3 Å². The molecule has 0 aliphatic carbocycles. The van der Waals surface area contributed by atoms with Crippen molar-refractivity contribution in [3.05, 3.63) is 46.4 Å². The number of rotatable bonds is 7. The molecule has 2 aromatic rings. The molecule has 2 amide bonds. The number of nitrogens with zero attached hydrogens (tertiary/aromatic N) is 2. The fourth-order valence-corrected chi connectivity index (χ4v) is 2.74. The smallest absolute Gasteiger partial charge is 0.318 e. The Kier molecular flexibility index (Phi) is 5.83. The van der Waals surface area contributed by atoms with Crippen molar-refractivity contribution in [2.45, 2.75) is 13.1 Å². The lowest BCUT2D eigenvalue weighted by Gasteiger charge is -2.23. The topological polar surface area (TPSA) is 46.5 Å². The van der Waals surface area contributed by atoms with E-state index in [1.807, 2.05) is 52.4 Å². The molecule has 2 heterocycles. The van der Waals surface area contributed by atoms with Gasteiger partial charge >= 0.3 is 6.03 Å². The van der Waals surface area contributed by atoms with Gasteiger partial charge in [-0.05, 0) is 23.6 Å². The van der Waals surface area contributed by atoms with Crippen LogP contribution >= 0.6 is 11.3 Å². The van der Waals surface area contributed by atoms with Crippen LogP contribution < -0.4 is 5.32 Å². The molecule has 2 rings (SSSR count). The fraction of sp³-hybridized carbons (Fsp3) is 0.400. The normalized spacial score (nSPS) is 10.6. The minimum atomic E-state index is -0.0679. The minimum Gasteiger partial charge on any atom is -0.383 e. The molecule has 0 bridgehead atoms. The zero-order valence-electron chi connectivity index (χ0n) is 12.4. The summed E-state index contributed by atoms with van der Waals surface area (Å²) in [7, 11) is 3.61. The number of urea groups is 1. The Morgan fingerprint density at radius 1 is 1.38 bits per heavy atom. The fourth-order valence-electron chi connectivity index (χ4n) is 2.02. The summed E-state index contributed by atoms with van der Waals surface area (Å²) >= 11 is 1.66. The van der Waals surface area contributed by atoms with Gasteiger partial charge in [-0.1, -0.05) is 6.07 Å². The zero-order valence-corrected chi connectivity index (χ0v) is 13.2. The summed E-state index contributed by atoms with van der Waals surface area (Å²) in [4.78, 5) is 15.3. The van der Waals surface area contributed by atoms with Crippen molar-refractivity contribution in [1.29, 1.82) is 0 Å². The van der Waals surface area contributed by atoms with Crippen molar-refractivity contribution in [2.24, 2.45) is 7.05 Å². The van der Waals surface area contributed by atoms with Crippen molar-refractivity contribution in [3.8, 4) is 0 Å². The number of aryl methyl sites for hydroxylation is 1. The Bertz CT molecular complexity index is 551. The summed E-state index contributed by atoms with van der Waals surface area (Å²) in [6, 6.07) is 8.00. The van der Waals surface area contributed by atoms with Gasteiger partial charge in [-0.3, -0.25) is 0 Å². The van der Waals surface area contributed by atoms with Crippen LogP contribution in [0.2, 0.25) is 0 Å². The lowest BCUT2D eigenvalue weighted by molar-refractivity contribution is 0.175. The summed E-state index contributed by atoms with van der Waals surface area (Å²) in [5.74, 6) is 0. The molecule has 5 nitrogen and oxygen atoms in total. The molecule has 0 aliphatic rings. The maximum atomic E-state index is 12.3. The van der Waals surface area contributed by atoms with Gasteiger partial charge in [0.25, 0.3) is 0 Å². The van der Waals surface area contributed by atoms with Crippen molar-refractivity contribution in [3.63, 3.8) is 0 Å². The van der Waals surface area contributed by atoms with E-state index in [9.17, 15) is 4.79 Å². The van der Waals surface area contributed by atoms with E-state index >= 15 is 0 Å². The third-order valence-corrected chi connectivity index (χ3v) is 4.06. The highest BCUT2D eigenvalue weighted by molar-refractivity contribution is 7.09. The van der Waals surface area contributed by atoms with Crippen LogP contribution in [0, 0.1) is 0 Å². The number of hydrogen-bond donors (Lipinski definition) is 1. The van der Waals surface area contributed by atoms with Gasteiger partial charge in [0.05, 0.1) is 19.7 Å². The number of thiophene rings is 1. The second kappa shape index (κ2) is 7.85. The van der Waals surface area contributed by atoms with Crippen molar-refractivity contribution < 1.29 is 9.53 Å². The van der Waals surface area contributed by atoms with Crippen molar-refractivity contribution >= 4 is 17.4 Å². The van der Waals surface area contributed by atoms with Gasteiger partial charge in [0.1, 0.15) is 0 Å². The Morgan fingerprint density at radius 2 is 2.24 bits per heavy atom. The summed E-state index contributed by atoms with van der Waals surface area (Å²) in [5, 5.41) is 4.91. The van der Waals surface area contributed by atoms with E-state index in [4.69, 9.17) is 4.74 Å². The third kappa shape index (κ3) is 4.61. The first-order valence-electron chi connectivity index (χ1n) is 6.85. The molecule has 0 aliphatic heterocycles. The second-order valence-corrected chi connectivity index (χ2v) is 5.80. The monoisotopic (exact) mass is 307 g/mol. The lowest BCUT2D eigenvalue weighted by Crippen LogP contribution is -2.40. The molecule has 0 saturated heterocycles. The average molecular weight is 307 g/mol. The number of amides is 2. The van der Waals surface area contributed by atoms with E-state index in [1.54, 1.807) is 18.4 Å². The number of aromatic nitrogens is 1. The maximum absolute atomic E-state index is 12.3. The molecule has 0 fully saturated rings. The highest BCUT2D eigenvalue weighted by Crippen LogP contribution is 2.14. The van der Waals surface area contributed by atoms with Crippen LogP contribution in [0.1, 0.15) is 10.6 Å². The first kappa shape index (κ1) is 15.6. The second-order valence-electron chi connectivity index (χ2n) is 4.77. The highest BCUT2D eigenvalue weighted by atomic mass is 32.1. The van der Waals surface area contributed by atoms with Gasteiger partial charge in [-0.15, -0.1) is 11.3 Å². The Morgan fingerprint density at radius 3 is 2.86 bits per heavy atom. The molecule has 1 N–H and O–H groups in total. The van der Waals surface area contributed by atoms with Crippen LogP contribution in [0.25, 0.3) is 0 Å². The molecule has 0 atom stereocenters. The molecule has 21 heavy (non-hydrogen) atoms. The molecule has 2 aromatic heterocycles. The van der Waals surface area contributed by atoms with Gasteiger partial charge in [0.15, 0.2) is 0 Å². The van der Waals surface area contributed by atoms with Gasteiger partial charge in [0, 0.05) is 37.5 Å². The van der Waals surface area contributed by atoms with Crippen LogP contribution in [-0.4, -0.2) is 35.8 Å². The van der Waals surface area contributed by atoms with Crippen LogP contribution in [0.5, 0.6) is 0 Å². The Hall–Kier alpha value is -1.79. The number of methoxy groups -OCH3 is 1. The molecular formula is C15H21N3O2S. The predicted octanol–water partition coefficient (Wildman–Crippen LogP) is 2.44. The summed E-state index contributed by atoms with van der Waals surface area (Å²) in [6.07, 6.45) is 1.99. The SMILES string of the molecule is COCCNC(=O)N(Cc1cccs1)Cc1cccn1C. The van der Waals surface area contributed by atoms with Crippen LogP contribution in [0.3, 0.4) is 0 Å². The van der Waals surface area contributed by atoms with E-state index in [0.29, 0.717) is 26.2 Å². The lowest BCUT2D eigenvalue weighted by atomic mass is 10.3. The van der Waals surface area contributed by atoms with E-state index in [-0.39, 0.29) is 6.03 Å². The molecule has 0 saturated carbocycles. The predicted molar refractivity (Wildman–Crippen MR) is 84.3 cm³/mol. The van der Waals surface area contributed by atoms with Gasteiger partial charge < -0.3 is 19.5 Å². The van der Waals surface area contributed by atoms with E-state index in [1.165, 1.54) is 4.88 Å². The summed E-state index contributed by atoms with van der Waals surface area (Å²) < 4.78 is 7.00. The van der Waals surface area contributed by atoms with Crippen LogP contribution in [-0.2, 0) is 24.9 Å². The first-order chi connectivity index (χ1) is 10.2. The van der Waals surface area contributed by atoms with Gasteiger partial charge in [0.2, 0.25) is 0 Å².